The normalized spacial score (nSPS) is 23.8. The molecule has 0 saturated heterocycles. The van der Waals surface area contributed by atoms with Crippen LogP contribution in [0.3, 0.4) is 0 Å². The van der Waals surface area contributed by atoms with Crippen LogP contribution in [0.5, 0.6) is 0 Å². The van der Waals surface area contributed by atoms with E-state index in [0.717, 1.165) is 12.0 Å². The highest BCUT2D eigenvalue weighted by Gasteiger charge is 2.55. The van der Waals surface area contributed by atoms with Crippen LogP contribution in [0.2, 0.25) is 5.02 Å². The molecule has 7 nitrogen and oxygen atoms in total. The lowest BCUT2D eigenvalue weighted by atomic mass is 9.74. The number of benzene rings is 1. The first-order chi connectivity index (χ1) is 15.1. The monoisotopic (exact) mass is 459 g/mol. The lowest BCUT2D eigenvalue weighted by Crippen LogP contribution is -2.37. The van der Waals surface area contributed by atoms with E-state index in [-0.39, 0.29) is 22.7 Å². The van der Waals surface area contributed by atoms with Crippen LogP contribution >= 0.6 is 11.6 Å². The summed E-state index contributed by atoms with van der Waals surface area (Å²) in [6.45, 7) is 2.55. The molecule has 2 heterocycles. The summed E-state index contributed by atoms with van der Waals surface area (Å²) in [4.78, 5) is 30.6. The van der Waals surface area contributed by atoms with Gasteiger partial charge in [-0.05, 0) is 37.8 Å². The second kappa shape index (κ2) is 7.62. The van der Waals surface area contributed by atoms with Crippen LogP contribution in [0.1, 0.15) is 48.5 Å². The Bertz CT molecular complexity index is 1140. The summed E-state index contributed by atoms with van der Waals surface area (Å²) in [6, 6.07) is 3.01. The third-order valence-electron chi connectivity index (χ3n) is 7.18. The number of carbonyl (C=O) groups is 2. The van der Waals surface area contributed by atoms with Gasteiger partial charge in [0, 0.05) is 60.0 Å². The van der Waals surface area contributed by atoms with Crippen LogP contribution in [0.25, 0.3) is 11.1 Å². The number of nitrogens with one attached hydrogen (secondary N) is 1. The lowest BCUT2D eigenvalue weighted by Gasteiger charge is -2.29. The zero-order chi connectivity index (χ0) is 23.4. The Morgan fingerprint density at radius 2 is 2.00 bits per heavy atom. The third kappa shape index (κ3) is 3.11. The van der Waals surface area contributed by atoms with Gasteiger partial charge in [-0.25, -0.2) is 9.37 Å². The summed E-state index contributed by atoms with van der Waals surface area (Å²) in [6.07, 6.45) is 4.10. The van der Waals surface area contributed by atoms with Crippen molar-refractivity contribution in [3.63, 3.8) is 0 Å². The van der Waals surface area contributed by atoms with Crippen molar-refractivity contribution in [3.05, 3.63) is 40.3 Å². The fourth-order valence-corrected chi connectivity index (χ4v) is 5.67. The van der Waals surface area contributed by atoms with Gasteiger partial charge in [-0.3, -0.25) is 9.59 Å². The van der Waals surface area contributed by atoms with Gasteiger partial charge in [0.1, 0.15) is 11.6 Å². The van der Waals surface area contributed by atoms with Crippen molar-refractivity contribution >= 4 is 34.9 Å². The SMILES string of the molecule is CC[C@@]1(C(N)=O)CC[C@@]2(CNc3ncc(-c4ccc(N)c(C(=O)N(C)C)c4F)c(Cl)c32)C1. The first kappa shape index (κ1) is 22.3. The number of nitrogens with zero attached hydrogens (tertiary/aromatic N) is 2. The molecule has 2 aliphatic rings. The Hall–Kier alpha value is -2.87. The molecule has 0 bridgehead atoms. The first-order valence-electron chi connectivity index (χ1n) is 10.6. The first-order valence-corrected chi connectivity index (χ1v) is 11.0. The molecule has 1 saturated carbocycles. The number of hydrogen-bond donors (Lipinski definition) is 3. The Morgan fingerprint density at radius 1 is 1.28 bits per heavy atom. The van der Waals surface area contributed by atoms with E-state index in [2.05, 4.69) is 10.3 Å². The zero-order valence-electron chi connectivity index (χ0n) is 18.4. The van der Waals surface area contributed by atoms with E-state index in [1.54, 1.807) is 0 Å². The molecular formula is C23H27ClFN5O2. The van der Waals surface area contributed by atoms with Crippen LogP contribution in [0.15, 0.2) is 18.3 Å². The van der Waals surface area contributed by atoms with Gasteiger partial charge in [0.2, 0.25) is 5.91 Å². The smallest absolute Gasteiger partial charge is 0.258 e. The predicted octanol–water partition coefficient (Wildman–Crippen LogP) is 3.55. The highest BCUT2D eigenvalue weighted by atomic mass is 35.5. The van der Waals surface area contributed by atoms with Gasteiger partial charge in [-0.1, -0.05) is 18.5 Å². The molecule has 2 aromatic rings. The molecule has 4 rings (SSSR count). The van der Waals surface area contributed by atoms with Gasteiger partial charge in [0.15, 0.2) is 0 Å². The van der Waals surface area contributed by atoms with Gasteiger partial charge in [0.05, 0.1) is 10.6 Å². The molecule has 5 N–H and O–H groups in total. The minimum atomic E-state index is -0.737. The van der Waals surface area contributed by atoms with Crippen LogP contribution in [0, 0.1) is 11.2 Å². The van der Waals surface area contributed by atoms with E-state index in [9.17, 15) is 9.59 Å². The Balaban J connectivity index is 1.86. The molecule has 2 amide bonds. The maximum absolute atomic E-state index is 15.5. The topological polar surface area (TPSA) is 114 Å². The number of anilines is 2. The van der Waals surface area contributed by atoms with Crippen molar-refractivity contribution in [1.82, 2.24) is 9.88 Å². The zero-order valence-corrected chi connectivity index (χ0v) is 19.1. The minimum Gasteiger partial charge on any atom is -0.398 e. The number of hydrogen-bond acceptors (Lipinski definition) is 5. The van der Waals surface area contributed by atoms with Gasteiger partial charge in [-0.2, -0.15) is 0 Å². The quantitative estimate of drug-likeness (QED) is 0.605. The van der Waals surface area contributed by atoms with Gasteiger partial charge in [0.25, 0.3) is 5.91 Å². The predicted molar refractivity (Wildman–Crippen MR) is 123 cm³/mol. The third-order valence-corrected chi connectivity index (χ3v) is 7.58. The maximum atomic E-state index is 15.5. The molecule has 1 aromatic heterocycles. The molecule has 0 unspecified atom stereocenters. The molecule has 1 aromatic carbocycles. The summed E-state index contributed by atoms with van der Waals surface area (Å²) in [7, 11) is 3.07. The summed E-state index contributed by atoms with van der Waals surface area (Å²) in [5.41, 5.74) is 11.9. The van der Waals surface area contributed by atoms with E-state index in [1.807, 2.05) is 6.92 Å². The molecule has 1 fully saturated rings. The number of aromatic nitrogens is 1. The molecule has 170 valence electrons. The van der Waals surface area contributed by atoms with Gasteiger partial charge < -0.3 is 21.7 Å². The number of halogens is 2. The van der Waals surface area contributed by atoms with Crippen LogP contribution in [0.4, 0.5) is 15.9 Å². The second-order valence-electron chi connectivity index (χ2n) is 9.11. The number of nitrogens with two attached hydrogens (primary N) is 2. The number of carbonyl (C=O) groups excluding carboxylic acids is 2. The lowest BCUT2D eigenvalue weighted by molar-refractivity contribution is -0.127. The average molecular weight is 460 g/mol. The van der Waals surface area contributed by atoms with Crippen molar-refractivity contribution in [3.8, 4) is 11.1 Å². The number of pyridine rings is 1. The van der Waals surface area contributed by atoms with Crippen molar-refractivity contribution < 1.29 is 14.0 Å². The number of primary amides is 1. The van der Waals surface area contributed by atoms with E-state index < -0.39 is 22.6 Å². The molecule has 0 radical (unpaired) electrons. The molecule has 1 aliphatic carbocycles. The molecule has 2 atom stereocenters. The maximum Gasteiger partial charge on any atom is 0.258 e. The molecule has 32 heavy (non-hydrogen) atoms. The summed E-state index contributed by atoms with van der Waals surface area (Å²) >= 11 is 6.89. The highest BCUT2D eigenvalue weighted by molar-refractivity contribution is 6.34. The van der Waals surface area contributed by atoms with E-state index in [0.29, 0.717) is 42.2 Å². The fraction of sp³-hybridized carbons (Fsp3) is 0.435. The molecule has 1 aliphatic heterocycles. The molecule has 1 spiro atoms. The number of fused-ring (bicyclic) bond motifs is 2. The van der Waals surface area contributed by atoms with Gasteiger partial charge in [-0.15, -0.1) is 0 Å². The average Bonchev–Trinajstić information content (AvgIpc) is 3.31. The number of nitrogen functional groups attached to an aromatic ring is 1. The van der Waals surface area contributed by atoms with Crippen molar-refractivity contribution in [2.24, 2.45) is 11.1 Å². The standard InChI is InChI=1S/C23H27ClFN5O2/c1-4-22(21(27)32)7-8-23(10-22)11-29-19-16(23)17(24)13(9-28-19)12-5-6-14(26)15(18(12)25)20(31)30(2)3/h5-6,9H,4,7-8,10-11,26H2,1-3H3,(H2,27,32)(H,28,29)/t22-,23+/m1/s1. The summed E-state index contributed by atoms with van der Waals surface area (Å²) in [5.74, 6) is -0.938. The van der Waals surface area contributed by atoms with Gasteiger partial charge >= 0.3 is 0 Å². The summed E-state index contributed by atoms with van der Waals surface area (Å²) < 4.78 is 15.5. The number of amides is 2. The van der Waals surface area contributed by atoms with E-state index in [1.165, 1.54) is 37.3 Å². The summed E-state index contributed by atoms with van der Waals surface area (Å²) in [5, 5.41) is 3.66. The Labute approximate surface area is 191 Å². The fourth-order valence-electron chi connectivity index (χ4n) is 5.23. The minimum absolute atomic E-state index is 0.0540. The highest BCUT2D eigenvalue weighted by Crippen LogP contribution is 2.58. The van der Waals surface area contributed by atoms with E-state index in [4.69, 9.17) is 23.1 Å². The van der Waals surface area contributed by atoms with Crippen LogP contribution in [-0.4, -0.2) is 42.3 Å². The van der Waals surface area contributed by atoms with Crippen LogP contribution < -0.4 is 16.8 Å². The van der Waals surface area contributed by atoms with Crippen molar-refractivity contribution in [1.29, 1.82) is 0 Å². The van der Waals surface area contributed by atoms with Crippen molar-refractivity contribution in [2.75, 3.05) is 31.7 Å². The molecular weight excluding hydrogens is 433 g/mol. The Morgan fingerprint density at radius 3 is 2.59 bits per heavy atom. The Kier molecular flexibility index (Phi) is 5.32. The van der Waals surface area contributed by atoms with Crippen molar-refractivity contribution in [2.45, 2.75) is 38.0 Å². The molecule has 9 heteroatoms. The second-order valence-corrected chi connectivity index (χ2v) is 9.49. The number of rotatable bonds is 4. The largest absolute Gasteiger partial charge is 0.398 e. The van der Waals surface area contributed by atoms with E-state index >= 15 is 4.39 Å². The van der Waals surface area contributed by atoms with Crippen LogP contribution in [-0.2, 0) is 10.2 Å².